The van der Waals surface area contributed by atoms with Crippen molar-refractivity contribution in [3.05, 3.63) is 17.9 Å². The molecule has 1 aliphatic rings. The Balaban J connectivity index is 2.05. The molecule has 1 fully saturated rings. The number of hydrogen-bond acceptors (Lipinski definition) is 4. The average molecular weight is 300 g/mol. The Morgan fingerprint density at radius 1 is 1.30 bits per heavy atom. The van der Waals surface area contributed by atoms with Crippen molar-refractivity contribution in [1.29, 1.82) is 0 Å². The maximum Gasteiger partial charge on any atom is 0.274 e. The normalized spacial score (nSPS) is 27.1. The molecule has 1 aromatic rings. The molecule has 3 atom stereocenters. The van der Waals surface area contributed by atoms with Crippen LogP contribution in [0.25, 0.3) is 0 Å². The highest BCUT2D eigenvalue weighted by molar-refractivity contribution is 7.89. The molecule has 5 nitrogen and oxygen atoms in total. The first-order valence-corrected chi connectivity index (χ1v) is 8.74. The molecule has 0 amide bonds. The molecule has 1 saturated carbocycles. The second-order valence-corrected chi connectivity index (χ2v) is 7.29. The van der Waals surface area contributed by atoms with Gasteiger partial charge in [0.2, 0.25) is 5.09 Å². The summed E-state index contributed by atoms with van der Waals surface area (Å²) < 4.78 is 32.8. The molecular weight excluding hydrogens is 276 g/mol. The topological polar surface area (TPSA) is 71.3 Å². The fraction of sp³-hybridized carbons (Fsp3) is 0.714. The van der Waals surface area contributed by atoms with Crippen molar-refractivity contribution >= 4 is 10.0 Å². The van der Waals surface area contributed by atoms with Crippen molar-refractivity contribution in [3.63, 3.8) is 0 Å². The van der Waals surface area contributed by atoms with Gasteiger partial charge in [0.05, 0.1) is 6.54 Å². The van der Waals surface area contributed by atoms with E-state index in [2.05, 4.69) is 23.9 Å². The minimum absolute atomic E-state index is 0.0113. The Morgan fingerprint density at radius 2 is 2.05 bits per heavy atom. The third-order valence-electron chi connectivity index (χ3n) is 4.22. The maximum atomic E-state index is 12.3. The Bertz CT molecular complexity index is 538. The molecule has 0 bridgehead atoms. The average Bonchev–Trinajstić information content (AvgIpc) is 2.99. The fourth-order valence-corrected chi connectivity index (χ4v) is 3.95. The van der Waals surface area contributed by atoms with Gasteiger partial charge in [0.25, 0.3) is 10.0 Å². The summed E-state index contributed by atoms with van der Waals surface area (Å²) in [5.41, 5.74) is 0. The van der Waals surface area contributed by atoms with E-state index in [0.29, 0.717) is 24.1 Å². The Kier molecular flexibility index (Phi) is 4.88. The third kappa shape index (κ3) is 3.42. The van der Waals surface area contributed by atoms with Gasteiger partial charge in [0.1, 0.15) is 5.76 Å². The lowest BCUT2D eigenvalue weighted by atomic mass is 9.98. The first-order chi connectivity index (χ1) is 9.44. The molecule has 2 rings (SSSR count). The summed E-state index contributed by atoms with van der Waals surface area (Å²) in [6.45, 7) is 7.62. The molecule has 1 aromatic heterocycles. The monoisotopic (exact) mass is 300 g/mol. The summed E-state index contributed by atoms with van der Waals surface area (Å²) in [6, 6.07) is 3.24. The SMILES string of the molecule is CCNCc1ccc(S(=O)(=O)NC2CCC(C)C2C)o1. The van der Waals surface area contributed by atoms with Crippen LogP contribution in [0.4, 0.5) is 0 Å². The highest BCUT2D eigenvalue weighted by Gasteiger charge is 2.33. The Morgan fingerprint density at radius 3 is 2.65 bits per heavy atom. The van der Waals surface area contributed by atoms with Gasteiger partial charge >= 0.3 is 0 Å². The fourth-order valence-electron chi connectivity index (χ4n) is 2.63. The molecule has 1 aliphatic carbocycles. The van der Waals surface area contributed by atoms with E-state index in [1.54, 1.807) is 6.07 Å². The zero-order valence-electron chi connectivity index (χ0n) is 12.3. The smallest absolute Gasteiger partial charge is 0.274 e. The predicted octanol–water partition coefficient (Wildman–Crippen LogP) is 2.10. The van der Waals surface area contributed by atoms with E-state index >= 15 is 0 Å². The number of sulfonamides is 1. The van der Waals surface area contributed by atoms with Crippen molar-refractivity contribution in [2.45, 2.75) is 51.3 Å². The van der Waals surface area contributed by atoms with Crippen LogP contribution >= 0.6 is 0 Å². The van der Waals surface area contributed by atoms with Gasteiger partial charge in [0.15, 0.2) is 0 Å². The van der Waals surface area contributed by atoms with Gasteiger partial charge in [-0.1, -0.05) is 20.8 Å². The van der Waals surface area contributed by atoms with Crippen LogP contribution in [0.3, 0.4) is 0 Å². The predicted molar refractivity (Wildman–Crippen MR) is 77.8 cm³/mol. The van der Waals surface area contributed by atoms with E-state index in [-0.39, 0.29) is 11.1 Å². The van der Waals surface area contributed by atoms with E-state index in [1.165, 1.54) is 6.07 Å². The molecule has 0 spiro atoms. The molecule has 114 valence electrons. The van der Waals surface area contributed by atoms with Crippen LogP contribution < -0.4 is 10.0 Å². The van der Waals surface area contributed by atoms with Crippen LogP contribution in [0.2, 0.25) is 0 Å². The van der Waals surface area contributed by atoms with Crippen LogP contribution in [0.1, 0.15) is 39.4 Å². The van der Waals surface area contributed by atoms with Crippen LogP contribution in [0, 0.1) is 11.8 Å². The first kappa shape index (κ1) is 15.5. The number of furan rings is 1. The van der Waals surface area contributed by atoms with E-state index < -0.39 is 10.0 Å². The molecule has 0 radical (unpaired) electrons. The summed E-state index contributed by atoms with van der Waals surface area (Å²) >= 11 is 0. The Hall–Kier alpha value is -0.850. The molecule has 20 heavy (non-hydrogen) atoms. The van der Waals surface area contributed by atoms with Crippen molar-refractivity contribution in [3.8, 4) is 0 Å². The van der Waals surface area contributed by atoms with Crippen molar-refractivity contribution in [2.75, 3.05) is 6.54 Å². The molecule has 0 aliphatic heterocycles. The van der Waals surface area contributed by atoms with Crippen LogP contribution in [0.15, 0.2) is 21.6 Å². The molecule has 2 N–H and O–H groups in total. The molecule has 0 saturated heterocycles. The van der Waals surface area contributed by atoms with Gasteiger partial charge in [-0.3, -0.25) is 0 Å². The lowest BCUT2D eigenvalue weighted by molar-refractivity contribution is 0.382. The summed E-state index contributed by atoms with van der Waals surface area (Å²) in [5.74, 6) is 1.56. The highest BCUT2D eigenvalue weighted by Crippen LogP contribution is 2.32. The summed E-state index contributed by atoms with van der Waals surface area (Å²) in [4.78, 5) is 0. The quantitative estimate of drug-likeness (QED) is 0.844. The third-order valence-corrected chi connectivity index (χ3v) is 5.59. The van der Waals surface area contributed by atoms with E-state index in [1.807, 2.05) is 6.92 Å². The van der Waals surface area contributed by atoms with E-state index in [9.17, 15) is 8.42 Å². The van der Waals surface area contributed by atoms with Crippen molar-refractivity contribution < 1.29 is 12.8 Å². The highest BCUT2D eigenvalue weighted by atomic mass is 32.2. The van der Waals surface area contributed by atoms with E-state index in [0.717, 1.165) is 19.4 Å². The second-order valence-electron chi connectivity index (χ2n) is 5.64. The molecule has 3 unspecified atom stereocenters. The van der Waals surface area contributed by atoms with Gasteiger partial charge in [-0.2, -0.15) is 0 Å². The van der Waals surface area contributed by atoms with Crippen LogP contribution in [-0.2, 0) is 16.6 Å². The maximum absolute atomic E-state index is 12.3. The van der Waals surface area contributed by atoms with Crippen LogP contribution in [-0.4, -0.2) is 21.0 Å². The number of rotatable bonds is 6. The van der Waals surface area contributed by atoms with Gasteiger partial charge < -0.3 is 9.73 Å². The standard InChI is InChI=1S/C14H24N2O3S/c1-4-15-9-12-6-8-14(19-12)20(17,18)16-13-7-5-10(2)11(13)3/h6,8,10-11,13,15-16H,4-5,7,9H2,1-3H3. The van der Waals surface area contributed by atoms with Crippen molar-refractivity contribution in [2.24, 2.45) is 11.8 Å². The van der Waals surface area contributed by atoms with Gasteiger partial charge in [-0.25, -0.2) is 13.1 Å². The zero-order chi connectivity index (χ0) is 14.8. The van der Waals surface area contributed by atoms with Crippen molar-refractivity contribution in [1.82, 2.24) is 10.0 Å². The number of hydrogen-bond donors (Lipinski definition) is 2. The number of nitrogens with one attached hydrogen (secondary N) is 2. The van der Waals surface area contributed by atoms with E-state index in [4.69, 9.17) is 4.42 Å². The minimum atomic E-state index is -3.55. The van der Waals surface area contributed by atoms with Crippen LogP contribution in [0.5, 0.6) is 0 Å². The lowest BCUT2D eigenvalue weighted by Crippen LogP contribution is -2.37. The molecule has 6 heteroatoms. The zero-order valence-corrected chi connectivity index (χ0v) is 13.2. The summed E-state index contributed by atoms with van der Waals surface area (Å²) in [6.07, 6.45) is 1.96. The minimum Gasteiger partial charge on any atom is -0.447 e. The molecule has 0 aromatic carbocycles. The second kappa shape index (κ2) is 6.28. The largest absolute Gasteiger partial charge is 0.447 e. The molecular formula is C14H24N2O3S. The van der Waals surface area contributed by atoms with Gasteiger partial charge in [-0.15, -0.1) is 0 Å². The van der Waals surface area contributed by atoms with Gasteiger partial charge in [0, 0.05) is 6.04 Å². The van der Waals surface area contributed by atoms with Gasteiger partial charge in [-0.05, 0) is 43.4 Å². The first-order valence-electron chi connectivity index (χ1n) is 7.25. The summed E-state index contributed by atoms with van der Waals surface area (Å²) in [7, 11) is -3.55. The molecule has 1 heterocycles. The lowest BCUT2D eigenvalue weighted by Gasteiger charge is -2.18. The Labute approximate surface area is 121 Å². The summed E-state index contributed by atoms with van der Waals surface area (Å²) in [5, 5.41) is 3.12.